The van der Waals surface area contributed by atoms with E-state index in [0.717, 1.165) is 19.7 Å². The van der Waals surface area contributed by atoms with Gasteiger partial charge in [-0.25, -0.2) is 0 Å². The number of hydrogen-bond acceptors (Lipinski definition) is 6. The average Bonchev–Trinajstić information content (AvgIpc) is 2.68. The molecule has 1 unspecified atom stereocenters. The second kappa shape index (κ2) is 5.20. The van der Waals surface area contributed by atoms with Crippen molar-refractivity contribution in [3.05, 3.63) is 11.7 Å². The first-order chi connectivity index (χ1) is 7.38. The van der Waals surface area contributed by atoms with Crippen LogP contribution in [0.25, 0.3) is 0 Å². The average molecular weight is 213 g/mol. The molecule has 1 aromatic heterocycles. The van der Waals surface area contributed by atoms with Crippen LogP contribution in [0.4, 0.5) is 0 Å². The van der Waals surface area contributed by atoms with E-state index in [1.807, 2.05) is 0 Å². The van der Waals surface area contributed by atoms with Crippen LogP contribution in [0.1, 0.15) is 11.7 Å². The Bertz CT molecular complexity index is 297. The van der Waals surface area contributed by atoms with E-state index < -0.39 is 0 Å². The fourth-order valence-electron chi connectivity index (χ4n) is 1.52. The number of nitrogens with one attached hydrogen (secondary N) is 1. The first-order valence-corrected chi connectivity index (χ1v) is 5.13. The molecular weight excluding hydrogens is 198 g/mol. The highest BCUT2D eigenvalue weighted by molar-refractivity contribution is 4.89. The molecule has 1 aromatic rings. The topological polar surface area (TPSA) is 80.4 Å². The molecule has 1 fully saturated rings. The zero-order valence-corrected chi connectivity index (χ0v) is 8.48. The Morgan fingerprint density at radius 3 is 3.20 bits per heavy atom. The summed E-state index contributed by atoms with van der Waals surface area (Å²) in [6.07, 6.45) is 1.18. The van der Waals surface area contributed by atoms with Crippen LogP contribution in [-0.4, -0.2) is 47.7 Å². The second-order valence-corrected chi connectivity index (χ2v) is 3.48. The Balaban J connectivity index is 1.86. The molecule has 2 heterocycles. The fourth-order valence-corrected chi connectivity index (χ4v) is 1.52. The molecule has 84 valence electrons. The van der Waals surface area contributed by atoms with Crippen LogP contribution in [0, 0.1) is 0 Å². The lowest BCUT2D eigenvalue weighted by molar-refractivity contribution is 0.0246. The van der Waals surface area contributed by atoms with Gasteiger partial charge in [-0.05, 0) is 0 Å². The van der Waals surface area contributed by atoms with E-state index in [4.69, 9.17) is 14.4 Å². The molecule has 0 aromatic carbocycles. The highest BCUT2D eigenvalue weighted by Gasteiger charge is 2.17. The predicted octanol–water partition coefficient (Wildman–Crippen LogP) is -0.865. The van der Waals surface area contributed by atoms with Crippen LogP contribution in [-0.2, 0) is 17.6 Å². The van der Waals surface area contributed by atoms with Crippen LogP contribution in [0.2, 0.25) is 0 Å². The molecule has 1 aliphatic rings. The summed E-state index contributed by atoms with van der Waals surface area (Å²) in [5, 5.41) is 15.7. The minimum Gasteiger partial charge on any atom is -0.396 e. The highest BCUT2D eigenvalue weighted by atomic mass is 16.5. The maximum Gasteiger partial charge on any atom is 0.229 e. The molecule has 1 saturated heterocycles. The third-order valence-corrected chi connectivity index (χ3v) is 2.25. The third-order valence-electron chi connectivity index (χ3n) is 2.25. The predicted molar refractivity (Wildman–Crippen MR) is 51.4 cm³/mol. The molecule has 1 aliphatic heterocycles. The first-order valence-electron chi connectivity index (χ1n) is 5.13. The largest absolute Gasteiger partial charge is 0.396 e. The number of morpholine rings is 1. The van der Waals surface area contributed by atoms with Gasteiger partial charge in [0.05, 0.1) is 25.7 Å². The SMILES string of the molecule is OCCc1noc(CC2CNCCO2)n1. The normalized spacial score (nSPS) is 21.8. The number of hydrogen-bond donors (Lipinski definition) is 2. The van der Waals surface area contributed by atoms with Crippen molar-refractivity contribution in [2.75, 3.05) is 26.3 Å². The maximum atomic E-state index is 8.69. The van der Waals surface area contributed by atoms with Crippen LogP contribution < -0.4 is 5.32 Å². The first kappa shape index (κ1) is 10.5. The Morgan fingerprint density at radius 1 is 1.53 bits per heavy atom. The molecule has 0 bridgehead atoms. The summed E-state index contributed by atoms with van der Waals surface area (Å²) < 4.78 is 10.6. The molecule has 0 aliphatic carbocycles. The maximum absolute atomic E-state index is 8.69. The Labute approximate surface area is 87.6 Å². The van der Waals surface area contributed by atoms with Gasteiger partial charge in [0.1, 0.15) is 0 Å². The summed E-state index contributed by atoms with van der Waals surface area (Å²) in [5.41, 5.74) is 0. The van der Waals surface area contributed by atoms with Crippen LogP contribution in [0.5, 0.6) is 0 Å². The smallest absolute Gasteiger partial charge is 0.229 e. The molecule has 0 radical (unpaired) electrons. The Hall–Kier alpha value is -0.980. The van der Waals surface area contributed by atoms with Crippen molar-refractivity contribution in [3.63, 3.8) is 0 Å². The zero-order chi connectivity index (χ0) is 10.5. The molecule has 1 atom stereocenters. The summed E-state index contributed by atoms with van der Waals surface area (Å²) >= 11 is 0. The number of aliphatic hydroxyl groups excluding tert-OH is 1. The lowest BCUT2D eigenvalue weighted by atomic mass is 10.2. The lowest BCUT2D eigenvalue weighted by Gasteiger charge is -2.21. The van der Waals surface area contributed by atoms with Crippen LogP contribution in [0.3, 0.4) is 0 Å². The van der Waals surface area contributed by atoms with E-state index in [2.05, 4.69) is 15.5 Å². The van der Waals surface area contributed by atoms with E-state index in [1.54, 1.807) is 0 Å². The van der Waals surface area contributed by atoms with Crippen molar-refractivity contribution in [3.8, 4) is 0 Å². The third kappa shape index (κ3) is 2.98. The quantitative estimate of drug-likeness (QED) is 0.677. The van der Waals surface area contributed by atoms with E-state index in [1.165, 1.54) is 0 Å². The van der Waals surface area contributed by atoms with Gasteiger partial charge in [0.25, 0.3) is 0 Å². The summed E-state index contributed by atoms with van der Waals surface area (Å²) in [5.74, 6) is 1.13. The van der Waals surface area contributed by atoms with Gasteiger partial charge in [0, 0.05) is 19.5 Å². The summed E-state index contributed by atoms with van der Waals surface area (Å²) in [7, 11) is 0. The van der Waals surface area contributed by atoms with Gasteiger partial charge in [-0.1, -0.05) is 5.16 Å². The van der Waals surface area contributed by atoms with E-state index in [0.29, 0.717) is 24.6 Å². The van der Waals surface area contributed by atoms with Gasteiger partial charge in [0.15, 0.2) is 5.82 Å². The molecule has 6 heteroatoms. The fraction of sp³-hybridized carbons (Fsp3) is 0.778. The van der Waals surface area contributed by atoms with Gasteiger partial charge < -0.3 is 19.7 Å². The number of nitrogens with zero attached hydrogens (tertiary/aromatic N) is 2. The van der Waals surface area contributed by atoms with E-state index >= 15 is 0 Å². The molecule has 2 rings (SSSR count). The summed E-state index contributed by atoms with van der Waals surface area (Å²) in [6, 6.07) is 0. The molecule has 0 amide bonds. The number of aromatic nitrogens is 2. The summed E-state index contributed by atoms with van der Waals surface area (Å²) in [6.45, 7) is 2.48. The van der Waals surface area contributed by atoms with Crippen molar-refractivity contribution in [2.45, 2.75) is 18.9 Å². The second-order valence-electron chi connectivity index (χ2n) is 3.48. The summed E-state index contributed by atoms with van der Waals surface area (Å²) in [4.78, 5) is 4.15. The molecule has 0 saturated carbocycles. The number of ether oxygens (including phenoxy) is 1. The van der Waals surface area contributed by atoms with Gasteiger partial charge in [0.2, 0.25) is 5.89 Å². The van der Waals surface area contributed by atoms with Gasteiger partial charge in [-0.2, -0.15) is 4.98 Å². The van der Waals surface area contributed by atoms with Gasteiger partial charge >= 0.3 is 0 Å². The standard InChI is InChI=1S/C9H15N3O3/c13-3-1-8-11-9(15-12-8)5-7-6-10-2-4-14-7/h7,10,13H,1-6H2. The van der Waals surface area contributed by atoms with Crippen molar-refractivity contribution in [1.29, 1.82) is 0 Å². The molecule has 15 heavy (non-hydrogen) atoms. The van der Waals surface area contributed by atoms with Gasteiger partial charge in [-0.15, -0.1) is 0 Å². The van der Waals surface area contributed by atoms with Crippen molar-refractivity contribution in [1.82, 2.24) is 15.5 Å². The van der Waals surface area contributed by atoms with Crippen molar-refractivity contribution >= 4 is 0 Å². The van der Waals surface area contributed by atoms with Gasteiger partial charge in [-0.3, -0.25) is 0 Å². The molecule has 2 N–H and O–H groups in total. The lowest BCUT2D eigenvalue weighted by Crippen LogP contribution is -2.39. The Kier molecular flexibility index (Phi) is 3.65. The van der Waals surface area contributed by atoms with E-state index in [9.17, 15) is 0 Å². The minimum atomic E-state index is 0.0421. The van der Waals surface area contributed by atoms with Crippen molar-refractivity contribution < 1.29 is 14.4 Å². The molecule has 6 nitrogen and oxygen atoms in total. The van der Waals surface area contributed by atoms with Crippen molar-refractivity contribution in [2.24, 2.45) is 0 Å². The highest BCUT2D eigenvalue weighted by Crippen LogP contribution is 2.06. The van der Waals surface area contributed by atoms with E-state index in [-0.39, 0.29) is 12.7 Å². The minimum absolute atomic E-state index is 0.0421. The number of aliphatic hydroxyl groups is 1. The zero-order valence-electron chi connectivity index (χ0n) is 8.48. The van der Waals surface area contributed by atoms with Crippen LogP contribution >= 0.6 is 0 Å². The molecule has 0 spiro atoms. The number of rotatable bonds is 4. The van der Waals surface area contributed by atoms with Crippen LogP contribution in [0.15, 0.2) is 4.52 Å². The molecular formula is C9H15N3O3. The Morgan fingerprint density at radius 2 is 2.47 bits per heavy atom. The monoisotopic (exact) mass is 213 g/mol.